The minimum absolute atomic E-state index is 0.661. The largest absolute Gasteiger partial charge is 0.490 e. The molecule has 96 valence electrons. The van der Waals surface area contributed by atoms with Gasteiger partial charge < -0.3 is 14.8 Å². The van der Waals surface area contributed by atoms with Crippen LogP contribution in [0.3, 0.4) is 0 Å². The van der Waals surface area contributed by atoms with Gasteiger partial charge >= 0.3 is 0 Å². The third kappa shape index (κ3) is 6.12. The lowest BCUT2D eigenvalue weighted by molar-refractivity contribution is 0.276. The van der Waals surface area contributed by atoms with Crippen molar-refractivity contribution in [1.82, 2.24) is 5.32 Å². The van der Waals surface area contributed by atoms with Crippen LogP contribution in [0.4, 0.5) is 0 Å². The molecule has 4 heteroatoms. The first-order chi connectivity index (χ1) is 8.38. The number of ether oxygens (including phenoxy) is 2. The summed E-state index contributed by atoms with van der Waals surface area (Å²) in [6.45, 7) is 5.23. The molecule has 0 saturated heterocycles. The van der Waals surface area contributed by atoms with Crippen LogP contribution in [0.5, 0.6) is 11.5 Å². The Morgan fingerprint density at radius 2 is 1.82 bits per heavy atom. The molecule has 0 amide bonds. The Balaban J connectivity index is 2.25. The Hall–Kier alpha value is -0.490. The molecule has 0 fully saturated rings. The van der Waals surface area contributed by atoms with Crippen molar-refractivity contribution in [2.45, 2.75) is 13.3 Å². The van der Waals surface area contributed by atoms with Crippen LogP contribution in [0.25, 0.3) is 0 Å². The highest BCUT2D eigenvalue weighted by Crippen LogP contribution is 2.25. The summed E-state index contributed by atoms with van der Waals surface area (Å²) in [5.41, 5.74) is 0. The second kappa shape index (κ2) is 9.53. The fourth-order valence-electron chi connectivity index (χ4n) is 1.39. The van der Waals surface area contributed by atoms with E-state index in [-0.39, 0.29) is 0 Å². The highest BCUT2D eigenvalue weighted by atomic mass is 127. The van der Waals surface area contributed by atoms with Crippen molar-refractivity contribution in [3.8, 4) is 11.5 Å². The van der Waals surface area contributed by atoms with E-state index in [4.69, 9.17) is 9.47 Å². The van der Waals surface area contributed by atoms with Crippen molar-refractivity contribution < 1.29 is 9.47 Å². The Bertz CT molecular complexity index is 307. The maximum Gasteiger partial charge on any atom is 0.161 e. The molecule has 0 radical (unpaired) electrons. The van der Waals surface area contributed by atoms with E-state index in [9.17, 15) is 0 Å². The highest BCUT2D eigenvalue weighted by molar-refractivity contribution is 14.1. The molecule has 1 N–H and O–H groups in total. The van der Waals surface area contributed by atoms with E-state index < -0.39 is 0 Å². The Kier molecular flexibility index (Phi) is 8.17. The molecular weight excluding hydrogens is 329 g/mol. The van der Waals surface area contributed by atoms with Crippen LogP contribution < -0.4 is 14.8 Å². The maximum absolute atomic E-state index is 5.68. The fourth-order valence-corrected chi connectivity index (χ4v) is 1.78. The quantitative estimate of drug-likeness (QED) is 0.423. The smallest absolute Gasteiger partial charge is 0.161 e. The van der Waals surface area contributed by atoms with Gasteiger partial charge in [-0.2, -0.15) is 0 Å². The molecule has 0 spiro atoms. The molecule has 17 heavy (non-hydrogen) atoms. The number of halogens is 1. The summed E-state index contributed by atoms with van der Waals surface area (Å²) >= 11 is 2.38. The molecule has 0 atom stereocenters. The first-order valence-electron chi connectivity index (χ1n) is 5.99. The summed E-state index contributed by atoms with van der Waals surface area (Å²) in [6, 6.07) is 7.79. The standard InChI is InChI=1S/C13H20INO2/c1-2-16-12-6-3-4-7-13(12)17-11-10-15-9-5-8-14/h3-4,6-7,15H,2,5,8-11H2,1H3. The molecule has 0 saturated carbocycles. The molecule has 3 nitrogen and oxygen atoms in total. The summed E-state index contributed by atoms with van der Waals surface area (Å²) < 4.78 is 12.4. The summed E-state index contributed by atoms with van der Waals surface area (Å²) in [6.07, 6.45) is 1.20. The number of benzene rings is 1. The van der Waals surface area contributed by atoms with Gasteiger partial charge in [0, 0.05) is 11.0 Å². The number of para-hydroxylation sites is 2. The van der Waals surface area contributed by atoms with Gasteiger partial charge in [0.15, 0.2) is 11.5 Å². The average molecular weight is 349 g/mol. The van der Waals surface area contributed by atoms with E-state index in [1.165, 1.54) is 10.8 Å². The zero-order valence-electron chi connectivity index (χ0n) is 10.2. The fraction of sp³-hybridized carbons (Fsp3) is 0.538. The topological polar surface area (TPSA) is 30.5 Å². The van der Waals surface area contributed by atoms with Gasteiger partial charge in [0.2, 0.25) is 0 Å². The van der Waals surface area contributed by atoms with E-state index in [0.29, 0.717) is 13.2 Å². The molecule has 1 aromatic carbocycles. The highest BCUT2D eigenvalue weighted by Gasteiger charge is 2.02. The van der Waals surface area contributed by atoms with Crippen molar-refractivity contribution in [2.75, 3.05) is 30.7 Å². The molecule has 0 unspecified atom stereocenters. The number of rotatable bonds is 9. The maximum atomic E-state index is 5.68. The molecule has 0 bridgehead atoms. The van der Waals surface area contributed by atoms with Gasteiger partial charge in [-0.3, -0.25) is 0 Å². The summed E-state index contributed by atoms with van der Waals surface area (Å²) in [5, 5.41) is 3.34. The normalized spacial score (nSPS) is 10.2. The molecule has 1 aromatic rings. The van der Waals surface area contributed by atoms with Crippen LogP contribution in [-0.4, -0.2) is 30.7 Å². The first kappa shape index (κ1) is 14.6. The predicted octanol–water partition coefficient (Wildman–Crippen LogP) is 2.88. The van der Waals surface area contributed by atoms with Gasteiger partial charge in [-0.1, -0.05) is 34.7 Å². The molecule has 0 aromatic heterocycles. The van der Waals surface area contributed by atoms with Crippen molar-refractivity contribution in [3.05, 3.63) is 24.3 Å². The average Bonchev–Trinajstić information content (AvgIpc) is 2.36. The Labute approximate surface area is 117 Å². The van der Waals surface area contributed by atoms with E-state index in [2.05, 4.69) is 27.9 Å². The second-order valence-electron chi connectivity index (χ2n) is 3.52. The van der Waals surface area contributed by atoms with Crippen molar-refractivity contribution >= 4 is 22.6 Å². The van der Waals surface area contributed by atoms with Crippen molar-refractivity contribution in [3.63, 3.8) is 0 Å². The van der Waals surface area contributed by atoms with Gasteiger partial charge in [-0.05, 0) is 32.0 Å². The lowest BCUT2D eigenvalue weighted by Gasteiger charge is -2.11. The molecule has 0 aliphatic heterocycles. The van der Waals surface area contributed by atoms with Gasteiger partial charge in [-0.25, -0.2) is 0 Å². The molecule has 0 heterocycles. The van der Waals surface area contributed by atoms with Crippen LogP contribution in [0.2, 0.25) is 0 Å². The lowest BCUT2D eigenvalue weighted by Crippen LogP contribution is -2.22. The second-order valence-corrected chi connectivity index (χ2v) is 4.60. The van der Waals surface area contributed by atoms with Gasteiger partial charge in [0.05, 0.1) is 6.61 Å². The van der Waals surface area contributed by atoms with Gasteiger partial charge in [0.25, 0.3) is 0 Å². The van der Waals surface area contributed by atoms with Crippen molar-refractivity contribution in [2.24, 2.45) is 0 Å². The zero-order valence-corrected chi connectivity index (χ0v) is 12.4. The van der Waals surface area contributed by atoms with E-state index in [0.717, 1.165) is 24.6 Å². The Morgan fingerprint density at radius 1 is 1.12 bits per heavy atom. The van der Waals surface area contributed by atoms with Crippen LogP contribution in [0.1, 0.15) is 13.3 Å². The zero-order chi connectivity index (χ0) is 12.3. The van der Waals surface area contributed by atoms with E-state index >= 15 is 0 Å². The Morgan fingerprint density at radius 3 is 2.47 bits per heavy atom. The number of hydrogen-bond donors (Lipinski definition) is 1. The molecule has 0 aliphatic rings. The van der Waals surface area contributed by atoms with Crippen molar-refractivity contribution in [1.29, 1.82) is 0 Å². The minimum Gasteiger partial charge on any atom is -0.490 e. The number of alkyl halides is 1. The molecule has 0 aliphatic carbocycles. The van der Waals surface area contributed by atoms with Gasteiger partial charge in [-0.15, -0.1) is 0 Å². The third-order valence-corrected chi connectivity index (χ3v) is 2.94. The first-order valence-corrected chi connectivity index (χ1v) is 7.52. The predicted molar refractivity (Wildman–Crippen MR) is 79.5 cm³/mol. The third-order valence-electron chi connectivity index (χ3n) is 2.17. The number of nitrogens with one attached hydrogen (secondary N) is 1. The minimum atomic E-state index is 0.661. The monoisotopic (exact) mass is 349 g/mol. The number of hydrogen-bond acceptors (Lipinski definition) is 3. The van der Waals surface area contributed by atoms with E-state index in [1.807, 2.05) is 31.2 Å². The van der Waals surface area contributed by atoms with Crippen LogP contribution in [-0.2, 0) is 0 Å². The lowest BCUT2D eigenvalue weighted by atomic mass is 10.3. The van der Waals surface area contributed by atoms with Gasteiger partial charge in [0.1, 0.15) is 6.61 Å². The van der Waals surface area contributed by atoms with Crippen LogP contribution in [0, 0.1) is 0 Å². The molecular formula is C13H20INO2. The summed E-state index contributed by atoms with van der Waals surface area (Å²) in [4.78, 5) is 0. The summed E-state index contributed by atoms with van der Waals surface area (Å²) in [7, 11) is 0. The molecule has 1 rings (SSSR count). The SMILES string of the molecule is CCOc1ccccc1OCCNCCCI. The summed E-state index contributed by atoms with van der Waals surface area (Å²) in [5.74, 6) is 1.65. The van der Waals surface area contributed by atoms with Crippen LogP contribution in [0.15, 0.2) is 24.3 Å². The van der Waals surface area contributed by atoms with E-state index in [1.54, 1.807) is 0 Å². The van der Waals surface area contributed by atoms with Crippen LogP contribution >= 0.6 is 22.6 Å².